The molecule has 3 rings (SSSR count). The zero-order valence-corrected chi connectivity index (χ0v) is 14.2. The lowest BCUT2D eigenvalue weighted by Crippen LogP contribution is -2.59. The van der Waals surface area contributed by atoms with Gasteiger partial charge in [-0.3, -0.25) is 9.88 Å². The van der Waals surface area contributed by atoms with E-state index in [1.54, 1.807) is 30.5 Å². The van der Waals surface area contributed by atoms with Crippen LogP contribution < -0.4 is 15.0 Å². The molecule has 134 valence electrons. The number of methoxy groups -OCH3 is 1. The van der Waals surface area contributed by atoms with E-state index in [4.69, 9.17) is 14.2 Å². The quantitative estimate of drug-likeness (QED) is 0.792. The number of esters is 2. The van der Waals surface area contributed by atoms with Gasteiger partial charge >= 0.3 is 17.8 Å². The van der Waals surface area contributed by atoms with E-state index in [1.807, 2.05) is 6.92 Å². The molecule has 25 heavy (non-hydrogen) atoms. The summed E-state index contributed by atoms with van der Waals surface area (Å²) in [5.74, 6) is -2.23. The number of hydrogen-bond donors (Lipinski definition) is 1. The van der Waals surface area contributed by atoms with Crippen molar-refractivity contribution in [2.75, 3.05) is 25.1 Å². The molecule has 2 aliphatic rings. The molecule has 3 heterocycles. The van der Waals surface area contributed by atoms with Gasteiger partial charge in [0.2, 0.25) is 0 Å². The highest BCUT2D eigenvalue weighted by atomic mass is 16.8. The number of aromatic nitrogens is 1. The minimum atomic E-state index is -1.54. The summed E-state index contributed by atoms with van der Waals surface area (Å²) in [6, 6.07) is 1.74. The van der Waals surface area contributed by atoms with Crippen molar-refractivity contribution in [3.05, 3.63) is 30.6 Å². The van der Waals surface area contributed by atoms with Crippen LogP contribution in [0, 0.1) is 0 Å². The standard InChI is InChI=1S/C17H21N3O5/c1-12-9-17(24-15(21)4-5-16(22)25-17)20(7-3-6-19-12)13-8-14(23-2)11-18-10-13/h4-5,8,10-12,19H,3,6-7,9H2,1-2H3. The summed E-state index contributed by atoms with van der Waals surface area (Å²) >= 11 is 0. The number of nitrogens with one attached hydrogen (secondary N) is 1. The molecular formula is C17H21N3O5. The molecule has 8 nitrogen and oxygen atoms in total. The summed E-state index contributed by atoms with van der Waals surface area (Å²) in [4.78, 5) is 30.1. The molecule has 1 unspecified atom stereocenters. The third-order valence-electron chi connectivity index (χ3n) is 4.15. The molecule has 8 heteroatoms. The molecule has 0 aliphatic carbocycles. The molecule has 0 saturated carbocycles. The van der Waals surface area contributed by atoms with Gasteiger partial charge in [-0.1, -0.05) is 0 Å². The van der Waals surface area contributed by atoms with Crippen LogP contribution in [-0.2, 0) is 19.1 Å². The minimum absolute atomic E-state index is 0.0277. The summed E-state index contributed by atoms with van der Waals surface area (Å²) in [6.07, 6.45) is 6.42. The Balaban J connectivity index is 2.06. The molecule has 0 bridgehead atoms. The third-order valence-corrected chi connectivity index (χ3v) is 4.15. The van der Waals surface area contributed by atoms with Crippen molar-refractivity contribution < 1.29 is 23.8 Å². The van der Waals surface area contributed by atoms with Crippen molar-refractivity contribution in [3.8, 4) is 5.75 Å². The molecule has 2 aliphatic heterocycles. The van der Waals surface area contributed by atoms with Crippen molar-refractivity contribution in [2.45, 2.75) is 31.7 Å². The number of carbonyl (C=O) groups is 2. The fourth-order valence-corrected chi connectivity index (χ4v) is 3.05. The van der Waals surface area contributed by atoms with Crippen molar-refractivity contribution in [1.82, 2.24) is 10.3 Å². The van der Waals surface area contributed by atoms with Gasteiger partial charge in [0.05, 0.1) is 31.6 Å². The van der Waals surface area contributed by atoms with Crippen LogP contribution in [0.5, 0.6) is 5.75 Å². The largest absolute Gasteiger partial charge is 0.495 e. The fourth-order valence-electron chi connectivity index (χ4n) is 3.05. The Morgan fingerprint density at radius 1 is 1.28 bits per heavy atom. The zero-order chi connectivity index (χ0) is 17.9. The van der Waals surface area contributed by atoms with Crippen LogP contribution in [0.15, 0.2) is 30.6 Å². The van der Waals surface area contributed by atoms with Crippen LogP contribution in [0.1, 0.15) is 19.8 Å². The SMILES string of the molecule is COc1cncc(N2CCCNC(C)CC23OC(=O)C=CC(=O)O3)c1. The first-order valence-electron chi connectivity index (χ1n) is 8.16. The van der Waals surface area contributed by atoms with E-state index < -0.39 is 17.8 Å². The topological polar surface area (TPSA) is 90.0 Å². The number of rotatable bonds is 2. The van der Waals surface area contributed by atoms with Gasteiger partial charge in [-0.15, -0.1) is 0 Å². The van der Waals surface area contributed by atoms with Crippen LogP contribution in [-0.4, -0.2) is 49.1 Å². The molecular weight excluding hydrogens is 326 g/mol. The Morgan fingerprint density at radius 3 is 2.68 bits per heavy atom. The predicted molar refractivity (Wildman–Crippen MR) is 88.9 cm³/mol. The first-order valence-corrected chi connectivity index (χ1v) is 8.16. The van der Waals surface area contributed by atoms with Gasteiger partial charge in [-0.2, -0.15) is 0 Å². The highest BCUT2D eigenvalue weighted by Crippen LogP contribution is 2.34. The first kappa shape index (κ1) is 17.2. The average molecular weight is 347 g/mol. The van der Waals surface area contributed by atoms with Gasteiger partial charge in [0.1, 0.15) is 5.75 Å². The minimum Gasteiger partial charge on any atom is -0.495 e. The molecule has 1 saturated heterocycles. The molecule has 0 aromatic carbocycles. The number of hydrogen-bond acceptors (Lipinski definition) is 8. The molecule has 0 amide bonds. The number of pyridine rings is 1. The Bertz CT molecular complexity index is 671. The van der Waals surface area contributed by atoms with E-state index in [1.165, 1.54) is 0 Å². The Morgan fingerprint density at radius 2 is 2.00 bits per heavy atom. The molecule has 1 atom stereocenters. The lowest BCUT2D eigenvalue weighted by atomic mass is 10.1. The summed E-state index contributed by atoms with van der Waals surface area (Å²) in [7, 11) is 1.55. The maximum atomic E-state index is 12.1. The normalized spacial score (nSPS) is 23.3. The van der Waals surface area contributed by atoms with E-state index >= 15 is 0 Å². The third kappa shape index (κ3) is 3.74. The second-order valence-corrected chi connectivity index (χ2v) is 6.04. The highest BCUT2D eigenvalue weighted by molar-refractivity contribution is 5.93. The molecule has 1 aromatic rings. The summed E-state index contributed by atoms with van der Waals surface area (Å²) < 4.78 is 16.4. The van der Waals surface area contributed by atoms with Gasteiger partial charge in [-0.25, -0.2) is 9.59 Å². The second-order valence-electron chi connectivity index (χ2n) is 6.04. The van der Waals surface area contributed by atoms with Gasteiger partial charge in [0.15, 0.2) is 0 Å². The monoisotopic (exact) mass is 347 g/mol. The number of anilines is 1. The second kappa shape index (κ2) is 7.10. The lowest BCUT2D eigenvalue weighted by molar-refractivity contribution is -0.225. The molecule has 1 fully saturated rings. The van der Waals surface area contributed by atoms with E-state index in [9.17, 15) is 9.59 Å². The fraction of sp³-hybridized carbons (Fsp3) is 0.471. The summed E-state index contributed by atoms with van der Waals surface area (Å²) in [6.45, 7) is 3.26. The molecule has 1 N–H and O–H groups in total. The summed E-state index contributed by atoms with van der Waals surface area (Å²) in [5.41, 5.74) is 0.649. The number of carbonyl (C=O) groups excluding carboxylic acids is 2. The van der Waals surface area contributed by atoms with Crippen LogP contribution in [0.2, 0.25) is 0 Å². The number of ether oxygens (including phenoxy) is 3. The Kier molecular flexibility index (Phi) is 4.89. The lowest BCUT2D eigenvalue weighted by Gasteiger charge is -2.44. The van der Waals surface area contributed by atoms with Crippen LogP contribution >= 0.6 is 0 Å². The van der Waals surface area contributed by atoms with Crippen LogP contribution in [0.4, 0.5) is 5.69 Å². The Hall–Kier alpha value is -2.61. The van der Waals surface area contributed by atoms with Gasteiger partial charge < -0.3 is 19.5 Å². The zero-order valence-electron chi connectivity index (χ0n) is 14.2. The van der Waals surface area contributed by atoms with Crippen LogP contribution in [0.3, 0.4) is 0 Å². The maximum absolute atomic E-state index is 12.1. The van der Waals surface area contributed by atoms with Crippen molar-refractivity contribution in [1.29, 1.82) is 0 Å². The van der Waals surface area contributed by atoms with Gasteiger partial charge in [-0.05, 0) is 19.9 Å². The van der Waals surface area contributed by atoms with E-state index in [-0.39, 0.29) is 12.5 Å². The average Bonchev–Trinajstić information content (AvgIpc) is 2.72. The molecule has 1 aromatic heterocycles. The summed E-state index contributed by atoms with van der Waals surface area (Å²) in [5, 5.41) is 3.33. The Labute approximate surface area is 145 Å². The van der Waals surface area contributed by atoms with Gasteiger partial charge in [0.25, 0.3) is 0 Å². The number of nitrogens with zero attached hydrogens (tertiary/aromatic N) is 2. The molecule has 1 spiro atoms. The van der Waals surface area contributed by atoms with Crippen molar-refractivity contribution >= 4 is 17.6 Å². The van der Waals surface area contributed by atoms with Gasteiger partial charge in [0, 0.05) is 30.8 Å². The predicted octanol–water partition coefficient (Wildman–Crippen LogP) is 0.978. The van der Waals surface area contributed by atoms with Crippen molar-refractivity contribution in [2.24, 2.45) is 0 Å². The maximum Gasteiger partial charge on any atom is 0.344 e. The van der Waals surface area contributed by atoms with E-state index in [0.717, 1.165) is 25.1 Å². The highest BCUT2D eigenvalue weighted by Gasteiger charge is 2.47. The van der Waals surface area contributed by atoms with Crippen molar-refractivity contribution in [3.63, 3.8) is 0 Å². The van der Waals surface area contributed by atoms with E-state index in [0.29, 0.717) is 18.0 Å². The molecule has 0 radical (unpaired) electrons. The first-order chi connectivity index (χ1) is 12.0. The van der Waals surface area contributed by atoms with E-state index in [2.05, 4.69) is 10.3 Å². The smallest absolute Gasteiger partial charge is 0.344 e. The van der Waals surface area contributed by atoms with Crippen LogP contribution in [0.25, 0.3) is 0 Å².